The number of thiazole rings is 1. The number of hydrogen-bond acceptors (Lipinski definition) is 6. The van der Waals surface area contributed by atoms with Gasteiger partial charge in [0, 0.05) is 23.3 Å². The number of amides is 2. The van der Waals surface area contributed by atoms with Crippen molar-refractivity contribution >= 4 is 38.3 Å². The monoisotopic (exact) mass is 508 g/mol. The third-order valence-corrected chi connectivity index (χ3v) is 6.95. The first-order valence-electron chi connectivity index (χ1n) is 10.7. The highest BCUT2D eigenvalue weighted by molar-refractivity contribution is 7.89. The number of carbonyl (C=O) groups excluding carboxylic acids is 2. The van der Waals surface area contributed by atoms with Gasteiger partial charge in [-0.15, -0.1) is 11.3 Å². The van der Waals surface area contributed by atoms with E-state index in [9.17, 15) is 18.0 Å². The minimum atomic E-state index is -3.48. The number of nitrogens with one attached hydrogen (secondary N) is 2. The van der Waals surface area contributed by atoms with Crippen molar-refractivity contribution in [3.05, 3.63) is 83.0 Å². The molecule has 8 nitrogen and oxygen atoms in total. The Morgan fingerprint density at radius 1 is 1.00 bits per heavy atom. The van der Waals surface area contributed by atoms with Gasteiger partial charge in [0.2, 0.25) is 15.9 Å². The van der Waals surface area contributed by atoms with Gasteiger partial charge in [-0.1, -0.05) is 35.9 Å². The molecule has 2 aromatic heterocycles. The van der Waals surface area contributed by atoms with E-state index >= 15 is 0 Å². The Morgan fingerprint density at radius 3 is 2.46 bits per heavy atom. The molecule has 0 radical (unpaired) electrons. The van der Waals surface area contributed by atoms with Crippen molar-refractivity contribution in [2.24, 2.45) is 0 Å². The van der Waals surface area contributed by atoms with Crippen molar-refractivity contribution in [3.63, 3.8) is 0 Å². The Hall–Kier alpha value is -3.76. The van der Waals surface area contributed by atoms with E-state index in [1.807, 2.05) is 24.4 Å². The van der Waals surface area contributed by atoms with E-state index in [0.29, 0.717) is 5.13 Å². The molecule has 0 unspecified atom stereocenters. The number of benzene rings is 2. The van der Waals surface area contributed by atoms with Crippen LogP contribution >= 0.6 is 11.3 Å². The summed E-state index contributed by atoms with van der Waals surface area (Å²) >= 11 is 1.29. The molecule has 180 valence electrons. The summed E-state index contributed by atoms with van der Waals surface area (Å²) in [7, 11) is -3.48. The molecule has 0 atom stereocenters. The lowest BCUT2D eigenvalue weighted by molar-refractivity contribution is -0.115. The van der Waals surface area contributed by atoms with Gasteiger partial charge in [-0.25, -0.2) is 13.4 Å². The highest BCUT2D eigenvalue weighted by Gasteiger charge is 2.14. The maximum Gasteiger partial charge on any atom is 0.253 e. The van der Waals surface area contributed by atoms with E-state index in [2.05, 4.69) is 52.9 Å². The largest absolute Gasteiger partial charge is 0.343 e. The Labute approximate surface area is 207 Å². The first-order chi connectivity index (χ1) is 16.6. The number of nitrogens with zero attached hydrogens (tertiary/aromatic N) is 2. The van der Waals surface area contributed by atoms with Crippen LogP contribution in [0.4, 0.5) is 5.13 Å². The first-order valence-corrected chi connectivity index (χ1v) is 13.4. The molecule has 4 aromatic rings. The van der Waals surface area contributed by atoms with Crippen molar-refractivity contribution < 1.29 is 18.0 Å². The van der Waals surface area contributed by atoms with E-state index in [0.717, 1.165) is 38.2 Å². The van der Waals surface area contributed by atoms with Crippen molar-refractivity contribution in [1.29, 1.82) is 0 Å². The molecule has 0 spiro atoms. The first kappa shape index (κ1) is 24.4. The Morgan fingerprint density at radius 2 is 1.74 bits per heavy atom. The van der Waals surface area contributed by atoms with E-state index in [-0.39, 0.29) is 12.1 Å². The lowest BCUT2D eigenvalue weighted by Gasteiger charge is -2.08. The highest BCUT2D eigenvalue weighted by Crippen LogP contribution is 2.30. The average Bonchev–Trinajstić information content (AvgIpc) is 3.47. The number of hydrogen-bond donors (Lipinski definition) is 2. The summed E-state index contributed by atoms with van der Waals surface area (Å²) in [5.41, 5.74) is 6.34. The smallest absolute Gasteiger partial charge is 0.253 e. The topological polar surface area (TPSA) is 110 Å². The van der Waals surface area contributed by atoms with Crippen LogP contribution in [0, 0.1) is 13.8 Å². The standard InChI is InChI=1S/C25H24N4O4S2/c1-16-5-4-6-18(9-16)20-10-17(2)11-21(12-20)22-15-34-25(27-22)28-23(30)13-26-24(31)19-7-8-29(14-19)35(3,32)33/h4-12,14-15H,13H2,1-3H3,(H,26,31)(H,27,28,30). The molecule has 0 saturated heterocycles. The number of carbonyl (C=O) groups is 2. The molecule has 0 aliphatic carbocycles. The zero-order valence-electron chi connectivity index (χ0n) is 19.4. The van der Waals surface area contributed by atoms with Gasteiger partial charge in [0.1, 0.15) is 0 Å². The van der Waals surface area contributed by atoms with Crippen LogP contribution in [0.3, 0.4) is 0 Å². The predicted molar refractivity (Wildman–Crippen MR) is 138 cm³/mol. The van der Waals surface area contributed by atoms with Gasteiger partial charge in [-0.05, 0) is 48.7 Å². The minimum absolute atomic E-state index is 0.142. The van der Waals surface area contributed by atoms with Crippen molar-refractivity contribution in [3.8, 4) is 22.4 Å². The normalized spacial score (nSPS) is 11.3. The average molecular weight is 509 g/mol. The van der Waals surface area contributed by atoms with Crippen molar-refractivity contribution in [1.82, 2.24) is 14.3 Å². The Bertz CT molecular complexity index is 1520. The quantitative estimate of drug-likeness (QED) is 0.391. The molecule has 0 aliphatic heterocycles. The van der Waals surface area contributed by atoms with Crippen molar-refractivity contribution in [2.75, 3.05) is 18.1 Å². The van der Waals surface area contributed by atoms with E-state index < -0.39 is 21.8 Å². The third-order valence-electron chi connectivity index (χ3n) is 5.20. The molecule has 4 rings (SSSR count). The zero-order valence-corrected chi connectivity index (χ0v) is 21.0. The molecule has 0 aliphatic rings. The molecular formula is C25H24N4O4S2. The molecule has 10 heteroatoms. The molecule has 2 N–H and O–H groups in total. The van der Waals surface area contributed by atoms with Gasteiger partial charge in [-0.2, -0.15) is 0 Å². The van der Waals surface area contributed by atoms with Gasteiger partial charge in [0.15, 0.2) is 5.13 Å². The van der Waals surface area contributed by atoms with Gasteiger partial charge >= 0.3 is 0 Å². The molecule has 35 heavy (non-hydrogen) atoms. The maximum absolute atomic E-state index is 12.3. The molecule has 0 fully saturated rings. The van der Waals surface area contributed by atoms with E-state index in [4.69, 9.17) is 0 Å². The maximum atomic E-state index is 12.3. The number of anilines is 1. The minimum Gasteiger partial charge on any atom is -0.343 e. The summed E-state index contributed by atoms with van der Waals surface area (Å²) in [6.07, 6.45) is 3.50. The SMILES string of the molecule is Cc1cccc(-c2cc(C)cc(-c3csc(NC(=O)CNC(=O)c4ccn(S(C)(=O)=O)c4)n3)c2)c1. The van der Waals surface area contributed by atoms with Gasteiger partial charge in [0.25, 0.3) is 5.91 Å². The number of aryl methyl sites for hydroxylation is 2. The fourth-order valence-corrected chi connectivity index (χ4v) is 4.85. The summed E-state index contributed by atoms with van der Waals surface area (Å²) in [5.74, 6) is -0.989. The van der Waals surface area contributed by atoms with E-state index in [1.165, 1.54) is 35.4 Å². The lowest BCUT2D eigenvalue weighted by Crippen LogP contribution is -2.32. The summed E-state index contributed by atoms with van der Waals surface area (Å²) in [5, 5.41) is 7.46. The Balaban J connectivity index is 1.41. The molecule has 2 amide bonds. The molecule has 2 aromatic carbocycles. The summed E-state index contributed by atoms with van der Waals surface area (Å²) in [6, 6.07) is 15.9. The van der Waals surface area contributed by atoms with E-state index in [1.54, 1.807) is 0 Å². The summed E-state index contributed by atoms with van der Waals surface area (Å²) in [6.45, 7) is 3.81. The molecular weight excluding hydrogens is 484 g/mol. The van der Waals surface area contributed by atoms with Crippen LogP contribution in [0.2, 0.25) is 0 Å². The van der Waals surface area contributed by atoms with Gasteiger partial charge in [0.05, 0.1) is 24.1 Å². The van der Waals surface area contributed by atoms with Crippen LogP contribution in [0.15, 0.2) is 66.3 Å². The van der Waals surface area contributed by atoms with Gasteiger partial charge in [-0.3, -0.25) is 13.6 Å². The second kappa shape index (κ2) is 9.85. The molecule has 0 saturated carbocycles. The highest BCUT2D eigenvalue weighted by atomic mass is 32.2. The lowest BCUT2D eigenvalue weighted by atomic mass is 9.98. The number of aromatic nitrogens is 2. The second-order valence-electron chi connectivity index (χ2n) is 8.22. The zero-order chi connectivity index (χ0) is 25.2. The fraction of sp³-hybridized carbons (Fsp3) is 0.160. The molecule has 2 heterocycles. The third kappa shape index (κ3) is 6.03. The Kier molecular flexibility index (Phi) is 6.86. The van der Waals surface area contributed by atoms with Crippen LogP contribution in [-0.4, -0.2) is 42.0 Å². The van der Waals surface area contributed by atoms with Crippen LogP contribution in [-0.2, 0) is 14.8 Å². The molecule has 0 bridgehead atoms. The second-order valence-corrected chi connectivity index (χ2v) is 11.0. The fourth-order valence-electron chi connectivity index (χ4n) is 3.53. The number of rotatable bonds is 7. The van der Waals surface area contributed by atoms with Gasteiger partial charge < -0.3 is 10.6 Å². The van der Waals surface area contributed by atoms with Crippen molar-refractivity contribution in [2.45, 2.75) is 13.8 Å². The summed E-state index contributed by atoms with van der Waals surface area (Å²) in [4.78, 5) is 29.1. The predicted octanol–water partition coefficient (Wildman–Crippen LogP) is 4.07. The van der Waals surface area contributed by atoms with Crippen LogP contribution in [0.1, 0.15) is 21.5 Å². The van der Waals surface area contributed by atoms with Crippen LogP contribution in [0.5, 0.6) is 0 Å². The van der Waals surface area contributed by atoms with Crippen LogP contribution < -0.4 is 10.6 Å². The summed E-state index contributed by atoms with van der Waals surface area (Å²) < 4.78 is 24.0. The van der Waals surface area contributed by atoms with Crippen LogP contribution in [0.25, 0.3) is 22.4 Å².